The number of nitrogens with zero attached hydrogens (tertiary/aromatic N) is 1. The quantitative estimate of drug-likeness (QED) is 0.770. The van der Waals surface area contributed by atoms with Gasteiger partial charge < -0.3 is 14.8 Å². The van der Waals surface area contributed by atoms with Crippen LogP contribution in [0.15, 0.2) is 41.1 Å². The zero-order valence-electron chi connectivity index (χ0n) is 12.7. The van der Waals surface area contributed by atoms with E-state index in [4.69, 9.17) is 9.47 Å². The van der Waals surface area contributed by atoms with Crippen LogP contribution < -0.4 is 14.8 Å². The van der Waals surface area contributed by atoms with E-state index < -0.39 is 0 Å². The van der Waals surface area contributed by atoms with Crippen molar-refractivity contribution in [3.05, 3.63) is 46.7 Å². The third kappa shape index (κ3) is 3.27. The summed E-state index contributed by atoms with van der Waals surface area (Å²) < 4.78 is 11.0. The lowest BCUT2D eigenvalue weighted by atomic mass is 10.1. The van der Waals surface area contributed by atoms with E-state index in [9.17, 15) is 4.79 Å². The van der Waals surface area contributed by atoms with Gasteiger partial charge in [-0.3, -0.25) is 4.79 Å². The van der Waals surface area contributed by atoms with Crippen molar-refractivity contribution in [2.24, 2.45) is 0 Å². The van der Waals surface area contributed by atoms with Crippen LogP contribution in [0, 0.1) is 0 Å². The summed E-state index contributed by atoms with van der Waals surface area (Å²) in [6.45, 7) is 1.09. The molecule has 0 atom stereocenters. The third-order valence-electron chi connectivity index (χ3n) is 3.50. The molecular formula is C17H14N2O3S2. The zero-order chi connectivity index (χ0) is 16.4. The first-order chi connectivity index (χ1) is 11.8. The predicted molar refractivity (Wildman–Crippen MR) is 95.2 cm³/mol. The molecule has 0 aliphatic carbocycles. The van der Waals surface area contributed by atoms with Gasteiger partial charge in [0.25, 0.3) is 0 Å². The number of rotatable bonds is 4. The molecular weight excluding hydrogens is 344 g/mol. The summed E-state index contributed by atoms with van der Waals surface area (Å²) >= 11 is 3.06. The Hall–Kier alpha value is -2.38. The number of amides is 1. The molecule has 0 fully saturated rings. The summed E-state index contributed by atoms with van der Waals surface area (Å²) in [7, 11) is 0. The van der Waals surface area contributed by atoms with Gasteiger partial charge in [-0.25, -0.2) is 4.98 Å². The normalized spacial score (nSPS) is 12.8. The van der Waals surface area contributed by atoms with E-state index >= 15 is 0 Å². The second-order valence-corrected chi connectivity index (χ2v) is 7.02. The van der Waals surface area contributed by atoms with Crippen LogP contribution >= 0.6 is 22.7 Å². The molecule has 3 heterocycles. The Labute approximate surface area is 146 Å². The largest absolute Gasteiger partial charge is 0.486 e. The number of nitrogens with one attached hydrogen (secondary N) is 1. The lowest BCUT2D eigenvalue weighted by molar-refractivity contribution is -0.115. The number of ether oxygens (including phenoxy) is 2. The first kappa shape index (κ1) is 15.2. The minimum atomic E-state index is -0.0984. The molecule has 1 N–H and O–H groups in total. The smallest absolute Gasteiger partial charge is 0.230 e. The van der Waals surface area contributed by atoms with E-state index in [0.29, 0.717) is 24.1 Å². The molecule has 0 bridgehead atoms. The van der Waals surface area contributed by atoms with E-state index in [1.807, 2.05) is 41.1 Å². The fraction of sp³-hybridized carbons (Fsp3) is 0.176. The Morgan fingerprint density at radius 3 is 2.88 bits per heavy atom. The third-order valence-corrected chi connectivity index (χ3v) is 5.15. The van der Waals surface area contributed by atoms with Crippen molar-refractivity contribution in [3.63, 3.8) is 0 Å². The van der Waals surface area contributed by atoms with Crippen molar-refractivity contribution in [2.45, 2.75) is 6.42 Å². The number of carbonyl (C=O) groups excluding carboxylic acids is 1. The molecule has 0 unspecified atom stereocenters. The number of aromatic nitrogens is 1. The van der Waals surface area contributed by atoms with Crippen LogP contribution in [0.25, 0.3) is 10.6 Å². The van der Waals surface area contributed by atoms with Gasteiger partial charge in [-0.05, 0) is 29.1 Å². The molecule has 1 aliphatic rings. The highest BCUT2D eigenvalue weighted by atomic mass is 32.1. The lowest BCUT2D eigenvalue weighted by Crippen LogP contribution is -2.17. The second kappa shape index (κ2) is 6.62. The summed E-state index contributed by atoms with van der Waals surface area (Å²) in [5.74, 6) is 1.32. The number of anilines is 1. The number of carbonyl (C=O) groups is 1. The van der Waals surface area contributed by atoms with E-state index in [2.05, 4.69) is 10.3 Å². The number of fused-ring (bicyclic) bond motifs is 1. The van der Waals surface area contributed by atoms with Crippen LogP contribution in [0.1, 0.15) is 5.56 Å². The van der Waals surface area contributed by atoms with Crippen LogP contribution in [-0.4, -0.2) is 24.1 Å². The van der Waals surface area contributed by atoms with Gasteiger partial charge in [-0.15, -0.1) is 22.7 Å². The molecule has 3 aromatic rings. The van der Waals surface area contributed by atoms with Gasteiger partial charge in [0, 0.05) is 5.38 Å². The predicted octanol–water partition coefficient (Wildman–Crippen LogP) is 3.82. The van der Waals surface area contributed by atoms with E-state index in [1.165, 1.54) is 11.3 Å². The van der Waals surface area contributed by atoms with Crippen LogP contribution in [0.2, 0.25) is 0 Å². The maximum absolute atomic E-state index is 12.2. The molecule has 0 radical (unpaired) electrons. The van der Waals surface area contributed by atoms with Gasteiger partial charge >= 0.3 is 0 Å². The number of hydrogen-bond acceptors (Lipinski definition) is 6. The van der Waals surface area contributed by atoms with Gasteiger partial charge in [0.05, 0.1) is 17.0 Å². The lowest BCUT2D eigenvalue weighted by Gasteiger charge is -2.18. The molecule has 1 aliphatic heterocycles. The Balaban J connectivity index is 1.42. The van der Waals surface area contributed by atoms with Crippen LogP contribution in [0.4, 0.5) is 5.13 Å². The molecule has 4 rings (SSSR count). The average Bonchev–Trinajstić information content (AvgIpc) is 3.26. The Morgan fingerprint density at radius 1 is 1.17 bits per heavy atom. The number of thiazole rings is 1. The molecule has 122 valence electrons. The van der Waals surface area contributed by atoms with Crippen LogP contribution in [0.5, 0.6) is 11.5 Å². The molecule has 0 saturated carbocycles. The summed E-state index contributed by atoms with van der Waals surface area (Å²) in [6, 6.07) is 9.58. The van der Waals surface area contributed by atoms with Gasteiger partial charge in [-0.2, -0.15) is 0 Å². The molecule has 0 spiro atoms. The molecule has 1 aromatic carbocycles. The monoisotopic (exact) mass is 358 g/mol. The molecule has 1 amide bonds. The summed E-state index contributed by atoms with van der Waals surface area (Å²) in [4.78, 5) is 17.8. The zero-order valence-corrected chi connectivity index (χ0v) is 14.3. The molecule has 24 heavy (non-hydrogen) atoms. The van der Waals surface area contributed by atoms with Gasteiger partial charge in [0.2, 0.25) is 5.91 Å². The molecule has 0 saturated heterocycles. The number of benzene rings is 1. The highest BCUT2D eigenvalue weighted by Crippen LogP contribution is 2.31. The second-order valence-electron chi connectivity index (χ2n) is 5.22. The molecule has 7 heteroatoms. The Kier molecular flexibility index (Phi) is 4.18. The van der Waals surface area contributed by atoms with E-state index in [0.717, 1.165) is 21.9 Å². The maximum Gasteiger partial charge on any atom is 0.230 e. The maximum atomic E-state index is 12.2. The van der Waals surface area contributed by atoms with Crippen LogP contribution in [-0.2, 0) is 11.2 Å². The van der Waals surface area contributed by atoms with Gasteiger partial charge in [0.1, 0.15) is 13.2 Å². The minimum absolute atomic E-state index is 0.0984. The Bertz CT molecular complexity index is 859. The topological polar surface area (TPSA) is 60.5 Å². The first-order valence-electron chi connectivity index (χ1n) is 7.46. The minimum Gasteiger partial charge on any atom is -0.486 e. The van der Waals surface area contributed by atoms with E-state index in [-0.39, 0.29) is 12.3 Å². The summed E-state index contributed by atoms with van der Waals surface area (Å²) in [6.07, 6.45) is 0.268. The fourth-order valence-corrected chi connectivity index (χ4v) is 3.90. The fourth-order valence-electron chi connectivity index (χ4n) is 2.42. The Morgan fingerprint density at radius 2 is 2.04 bits per heavy atom. The number of thiophene rings is 1. The van der Waals surface area contributed by atoms with Crippen molar-refractivity contribution in [3.8, 4) is 22.1 Å². The molecule has 5 nitrogen and oxygen atoms in total. The number of hydrogen-bond donors (Lipinski definition) is 1. The molecule has 2 aromatic heterocycles. The average molecular weight is 358 g/mol. The van der Waals surface area contributed by atoms with Crippen LogP contribution in [0.3, 0.4) is 0 Å². The summed E-state index contributed by atoms with van der Waals surface area (Å²) in [5.41, 5.74) is 1.77. The standard InChI is InChI=1S/C17H14N2O3S2/c20-16(9-11-3-4-13-14(8-11)22-6-5-21-13)19-17-18-12(10-24-17)15-2-1-7-23-15/h1-4,7-8,10H,5-6,9H2,(H,18,19,20). The van der Waals surface area contributed by atoms with Crippen molar-refractivity contribution in [2.75, 3.05) is 18.5 Å². The van der Waals surface area contributed by atoms with E-state index in [1.54, 1.807) is 11.3 Å². The van der Waals surface area contributed by atoms with Crippen molar-refractivity contribution in [1.82, 2.24) is 4.98 Å². The van der Waals surface area contributed by atoms with Crippen molar-refractivity contribution >= 4 is 33.7 Å². The first-order valence-corrected chi connectivity index (χ1v) is 9.22. The highest BCUT2D eigenvalue weighted by Gasteiger charge is 2.14. The van der Waals surface area contributed by atoms with Gasteiger partial charge in [-0.1, -0.05) is 12.1 Å². The SMILES string of the molecule is O=C(Cc1ccc2c(c1)OCCO2)Nc1nc(-c2cccs2)cs1. The summed E-state index contributed by atoms with van der Waals surface area (Å²) in [5, 5.41) is 7.42. The van der Waals surface area contributed by atoms with Gasteiger partial charge in [0.15, 0.2) is 16.6 Å². The van der Waals surface area contributed by atoms with Crippen molar-refractivity contribution in [1.29, 1.82) is 0 Å². The van der Waals surface area contributed by atoms with Crippen molar-refractivity contribution < 1.29 is 14.3 Å². The highest BCUT2D eigenvalue weighted by molar-refractivity contribution is 7.16.